The van der Waals surface area contributed by atoms with Crippen LogP contribution in [0.5, 0.6) is 0 Å². The van der Waals surface area contributed by atoms with Gasteiger partial charge in [0.05, 0.1) is 5.69 Å². The second-order valence-corrected chi connectivity index (χ2v) is 4.28. The van der Waals surface area contributed by atoms with Crippen LogP contribution in [0.3, 0.4) is 0 Å². The predicted octanol–water partition coefficient (Wildman–Crippen LogP) is 3.89. The SMILES string of the molecule is BrCc1cc2cc(Br)ccc2cn1. The molecule has 1 heterocycles. The molecule has 1 aromatic carbocycles. The quantitative estimate of drug-likeness (QED) is 0.728. The van der Waals surface area contributed by atoms with Gasteiger partial charge >= 0.3 is 0 Å². The third-order valence-electron chi connectivity index (χ3n) is 1.88. The molecule has 2 aromatic rings. The summed E-state index contributed by atoms with van der Waals surface area (Å²) in [5, 5.41) is 3.20. The van der Waals surface area contributed by atoms with E-state index in [-0.39, 0.29) is 0 Å². The van der Waals surface area contributed by atoms with Crippen LogP contribution in [0, 0.1) is 0 Å². The molecule has 0 radical (unpaired) electrons. The minimum Gasteiger partial charge on any atom is -0.260 e. The number of pyridine rings is 1. The normalized spacial score (nSPS) is 10.6. The summed E-state index contributed by atoms with van der Waals surface area (Å²) in [6.45, 7) is 0. The van der Waals surface area contributed by atoms with Crippen LogP contribution in [0.4, 0.5) is 0 Å². The van der Waals surface area contributed by atoms with Crippen molar-refractivity contribution in [3.05, 3.63) is 40.6 Å². The Morgan fingerprint density at radius 1 is 1.15 bits per heavy atom. The van der Waals surface area contributed by atoms with Crippen LogP contribution in [0.2, 0.25) is 0 Å². The lowest BCUT2D eigenvalue weighted by atomic mass is 10.1. The van der Waals surface area contributed by atoms with Gasteiger partial charge in [0.25, 0.3) is 0 Å². The monoisotopic (exact) mass is 299 g/mol. The summed E-state index contributed by atoms with van der Waals surface area (Å²) in [4.78, 5) is 4.29. The maximum absolute atomic E-state index is 4.29. The molecule has 1 nitrogen and oxygen atoms in total. The second kappa shape index (κ2) is 3.76. The third-order valence-corrected chi connectivity index (χ3v) is 2.95. The highest BCUT2D eigenvalue weighted by Crippen LogP contribution is 2.20. The maximum atomic E-state index is 4.29. The first-order chi connectivity index (χ1) is 6.29. The highest BCUT2D eigenvalue weighted by molar-refractivity contribution is 9.10. The van der Waals surface area contributed by atoms with Gasteiger partial charge in [0, 0.05) is 21.4 Å². The van der Waals surface area contributed by atoms with Crippen LogP contribution in [0.25, 0.3) is 10.8 Å². The van der Waals surface area contributed by atoms with E-state index in [1.165, 1.54) is 10.8 Å². The van der Waals surface area contributed by atoms with E-state index in [1.807, 2.05) is 12.3 Å². The van der Waals surface area contributed by atoms with Crippen molar-refractivity contribution in [1.82, 2.24) is 4.98 Å². The molecule has 0 aliphatic rings. The summed E-state index contributed by atoms with van der Waals surface area (Å²) in [7, 11) is 0. The van der Waals surface area contributed by atoms with Gasteiger partial charge in [-0.05, 0) is 23.6 Å². The third kappa shape index (κ3) is 1.92. The molecule has 66 valence electrons. The maximum Gasteiger partial charge on any atom is 0.0515 e. The molecule has 0 aliphatic carbocycles. The Kier molecular flexibility index (Phi) is 2.65. The highest BCUT2D eigenvalue weighted by atomic mass is 79.9. The lowest BCUT2D eigenvalue weighted by Gasteiger charge is -2.00. The molecular weight excluding hydrogens is 294 g/mol. The first-order valence-corrected chi connectivity index (χ1v) is 5.81. The zero-order valence-corrected chi connectivity index (χ0v) is 9.97. The molecule has 1 aromatic heterocycles. The van der Waals surface area contributed by atoms with Crippen molar-refractivity contribution in [3.8, 4) is 0 Å². The van der Waals surface area contributed by atoms with Crippen LogP contribution < -0.4 is 0 Å². The van der Waals surface area contributed by atoms with Crippen LogP contribution in [0.1, 0.15) is 5.69 Å². The van der Waals surface area contributed by atoms with Gasteiger partial charge in [0.1, 0.15) is 0 Å². The molecule has 3 heteroatoms. The molecule has 0 unspecified atom stereocenters. The summed E-state index contributed by atoms with van der Waals surface area (Å²) >= 11 is 6.83. The molecule has 13 heavy (non-hydrogen) atoms. The van der Waals surface area contributed by atoms with E-state index >= 15 is 0 Å². The Morgan fingerprint density at radius 2 is 2.00 bits per heavy atom. The number of rotatable bonds is 1. The lowest BCUT2D eigenvalue weighted by Crippen LogP contribution is -1.84. The molecule has 0 spiro atoms. The van der Waals surface area contributed by atoms with Crippen molar-refractivity contribution in [2.75, 3.05) is 0 Å². The number of hydrogen-bond acceptors (Lipinski definition) is 1. The Morgan fingerprint density at radius 3 is 2.77 bits per heavy atom. The number of aromatic nitrogens is 1. The number of nitrogens with zero attached hydrogens (tertiary/aromatic N) is 1. The number of halogens is 2. The van der Waals surface area contributed by atoms with Gasteiger partial charge in [-0.25, -0.2) is 0 Å². The summed E-state index contributed by atoms with van der Waals surface area (Å²) in [5.41, 5.74) is 1.06. The first-order valence-electron chi connectivity index (χ1n) is 3.90. The van der Waals surface area contributed by atoms with E-state index in [4.69, 9.17) is 0 Å². The summed E-state index contributed by atoms with van der Waals surface area (Å²) in [6, 6.07) is 8.28. The topological polar surface area (TPSA) is 12.9 Å². The molecule has 0 N–H and O–H groups in total. The number of benzene rings is 1. The van der Waals surface area contributed by atoms with Gasteiger partial charge in [-0.1, -0.05) is 37.9 Å². The molecule has 2 rings (SSSR count). The minimum atomic E-state index is 0.801. The van der Waals surface area contributed by atoms with E-state index in [0.29, 0.717) is 0 Å². The molecule has 0 saturated heterocycles. The minimum absolute atomic E-state index is 0.801. The van der Waals surface area contributed by atoms with Crippen molar-refractivity contribution in [1.29, 1.82) is 0 Å². The van der Waals surface area contributed by atoms with Gasteiger partial charge in [-0.15, -0.1) is 0 Å². The van der Waals surface area contributed by atoms with E-state index in [0.717, 1.165) is 15.5 Å². The first kappa shape index (κ1) is 9.16. The molecule has 0 aliphatic heterocycles. The summed E-state index contributed by atoms with van der Waals surface area (Å²) < 4.78 is 1.10. The van der Waals surface area contributed by atoms with Crippen LogP contribution in [-0.4, -0.2) is 4.98 Å². The van der Waals surface area contributed by atoms with E-state index in [1.54, 1.807) is 0 Å². The van der Waals surface area contributed by atoms with Gasteiger partial charge in [-0.3, -0.25) is 4.98 Å². The fourth-order valence-electron chi connectivity index (χ4n) is 1.23. The fourth-order valence-corrected chi connectivity index (χ4v) is 1.92. The Bertz CT molecular complexity index is 440. The largest absolute Gasteiger partial charge is 0.260 e. The second-order valence-electron chi connectivity index (χ2n) is 2.80. The number of alkyl halides is 1. The number of fused-ring (bicyclic) bond motifs is 1. The van der Waals surface area contributed by atoms with Crippen molar-refractivity contribution in [2.45, 2.75) is 5.33 Å². The van der Waals surface area contributed by atoms with Crippen molar-refractivity contribution in [3.63, 3.8) is 0 Å². The Labute approximate surface area is 93.4 Å². The standard InChI is InChI=1S/C10H7Br2N/c11-5-10-4-8-3-9(12)2-1-7(8)6-13-10/h1-4,6H,5H2. The van der Waals surface area contributed by atoms with E-state index in [2.05, 4.69) is 55.0 Å². The van der Waals surface area contributed by atoms with E-state index in [9.17, 15) is 0 Å². The zero-order chi connectivity index (χ0) is 9.26. The van der Waals surface area contributed by atoms with Crippen LogP contribution >= 0.6 is 31.9 Å². The van der Waals surface area contributed by atoms with Crippen LogP contribution in [-0.2, 0) is 5.33 Å². The van der Waals surface area contributed by atoms with Gasteiger partial charge in [0.15, 0.2) is 0 Å². The van der Waals surface area contributed by atoms with Crippen molar-refractivity contribution >= 4 is 42.6 Å². The predicted molar refractivity (Wildman–Crippen MR) is 62.1 cm³/mol. The summed E-state index contributed by atoms with van der Waals surface area (Å²) in [6.07, 6.45) is 1.90. The molecule has 0 saturated carbocycles. The Balaban J connectivity index is 2.68. The molecule has 0 amide bonds. The van der Waals surface area contributed by atoms with E-state index < -0.39 is 0 Å². The van der Waals surface area contributed by atoms with Crippen molar-refractivity contribution in [2.24, 2.45) is 0 Å². The fraction of sp³-hybridized carbons (Fsp3) is 0.100. The molecule has 0 fully saturated rings. The highest BCUT2D eigenvalue weighted by Gasteiger charge is 1.97. The number of hydrogen-bond donors (Lipinski definition) is 0. The zero-order valence-electron chi connectivity index (χ0n) is 6.80. The van der Waals surface area contributed by atoms with Gasteiger partial charge in [0.2, 0.25) is 0 Å². The molecular formula is C10H7Br2N. The molecule has 0 atom stereocenters. The van der Waals surface area contributed by atoms with Crippen molar-refractivity contribution < 1.29 is 0 Å². The summed E-state index contributed by atoms with van der Waals surface area (Å²) in [5.74, 6) is 0. The average Bonchev–Trinajstić information content (AvgIpc) is 2.16. The van der Waals surface area contributed by atoms with Crippen LogP contribution in [0.15, 0.2) is 34.9 Å². The average molecular weight is 301 g/mol. The lowest BCUT2D eigenvalue weighted by molar-refractivity contribution is 1.21. The van der Waals surface area contributed by atoms with Gasteiger partial charge < -0.3 is 0 Å². The smallest absolute Gasteiger partial charge is 0.0515 e. The van der Waals surface area contributed by atoms with Gasteiger partial charge in [-0.2, -0.15) is 0 Å². The Hall–Kier alpha value is -0.410. The molecule has 0 bridgehead atoms.